The van der Waals surface area contributed by atoms with Gasteiger partial charge in [-0.3, -0.25) is 4.98 Å². The minimum Gasteiger partial charge on any atom is -0.478 e. The van der Waals surface area contributed by atoms with Crippen LogP contribution in [0.15, 0.2) is 41.1 Å². The quantitative estimate of drug-likeness (QED) is 0.939. The van der Waals surface area contributed by atoms with E-state index in [4.69, 9.17) is 15.1 Å². The minimum atomic E-state index is -1.10. The third-order valence-electron chi connectivity index (χ3n) is 2.30. The number of nitriles is 1. The summed E-state index contributed by atoms with van der Waals surface area (Å²) < 4.78 is 6.06. The Balaban J connectivity index is 2.37. The van der Waals surface area contributed by atoms with Crippen LogP contribution in [-0.4, -0.2) is 16.1 Å². The van der Waals surface area contributed by atoms with E-state index in [0.29, 0.717) is 15.8 Å². The fraction of sp³-hybridized carbons (Fsp3) is 0. The summed E-state index contributed by atoms with van der Waals surface area (Å²) >= 11 is 3.26. The van der Waals surface area contributed by atoms with Crippen molar-refractivity contribution in [3.8, 4) is 17.6 Å². The van der Waals surface area contributed by atoms with E-state index >= 15 is 0 Å². The first kappa shape index (κ1) is 13.1. The van der Waals surface area contributed by atoms with Crippen LogP contribution in [-0.2, 0) is 0 Å². The van der Waals surface area contributed by atoms with Crippen molar-refractivity contribution in [1.29, 1.82) is 5.26 Å². The number of rotatable bonds is 3. The Hall–Kier alpha value is -2.39. The number of pyridine rings is 1. The summed E-state index contributed by atoms with van der Waals surface area (Å²) in [5.74, 6) is -0.544. The maximum atomic E-state index is 11.0. The van der Waals surface area contributed by atoms with Gasteiger partial charge in [0.15, 0.2) is 5.75 Å². The molecule has 19 heavy (non-hydrogen) atoms. The molecule has 0 spiro atoms. The van der Waals surface area contributed by atoms with E-state index in [1.807, 2.05) is 6.07 Å². The number of hydrogen-bond donors (Lipinski definition) is 1. The highest BCUT2D eigenvalue weighted by molar-refractivity contribution is 9.10. The Labute approximate surface area is 117 Å². The maximum Gasteiger partial charge on any atom is 0.339 e. The molecule has 5 nitrogen and oxygen atoms in total. The summed E-state index contributed by atoms with van der Waals surface area (Å²) in [6.07, 6.45) is 2.71. The molecule has 0 atom stereocenters. The number of aromatic carboxylic acids is 1. The third-order valence-corrected chi connectivity index (χ3v) is 2.92. The molecule has 1 heterocycles. The van der Waals surface area contributed by atoms with Crippen molar-refractivity contribution in [2.75, 3.05) is 0 Å². The number of nitrogens with zero attached hydrogens (tertiary/aromatic N) is 2. The molecule has 0 unspecified atom stereocenters. The zero-order chi connectivity index (χ0) is 13.8. The summed E-state index contributed by atoms with van der Waals surface area (Å²) in [6, 6.07) is 8.11. The van der Waals surface area contributed by atoms with E-state index in [9.17, 15) is 4.79 Å². The first-order valence-electron chi connectivity index (χ1n) is 5.16. The van der Waals surface area contributed by atoms with E-state index in [1.54, 1.807) is 18.2 Å². The molecule has 0 saturated heterocycles. The van der Waals surface area contributed by atoms with Crippen LogP contribution in [0, 0.1) is 11.3 Å². The van der Waals surface area contributed by atoms with Gasteiger partial charge in [0, 0.05) is 6.20 Å². The van der Waals surface area contributed by atoms with Gasteiger partial charge in [0.2, 0.25) is 0 Å². The summed E-state index contributed by atoms with van der Waals surface area (Å²) in [7, 11) is 0. The van der Waals surface area contributed by atoms with Crippen molar-refractivity contribution in [2.45, 2.75) is 0 Å². The topological polar surface area (TPSA) is 83.2 Å². The van der Waals surface area contributed by atoms with Crippen molar-refractivity contribution in [3.63, 3.8) is 0 Å². The molecule has 2 aromatic rings. The van der Waals surface area contributed by atoms with Gasteiger partial charge in [-0.05, 0) is 40.2 Å². The van der Waals surface area contributed by atoms with E-state index in [-0.39, 0.29) is 11.3 Å². The Bertz CT molecular complexity index is 680. The second-order valence-electron chi connectivity index (χ2n) is 3.54. The number of aromatic nitrogens is 1. The average Bonchev–Trinajstić information content (AvgIpc) is 2.41. The molecule has 0 bridgehead atoms. The zero-order valence-electron chi connectivity index (χ0n) is 9.50. The lowest BCUT2D eigenvalue weighted by Gasteiger charge is -2.09. The summed E-state index contributed by atoms with van der Waals surface area (Å²) in [6.45, 7) is 0. The minimum absolute atomic E-state index is 0.0197. The predicted octanol–water partition coefficient (Wildman–Crippen LogP) is 3.21. The fourth-order valence-electron chi connectivity index (χ4n) is 1.41. The highest BCUT2D eigenvalue weighted by Crippen LogP contribution is 2.31. The van der Waals surface area contributed by atoms with Crippen molar-refractivity contribution >= 4 is 21.9 Å². The SMILES string of the molecule is N#Cc1ccc(Oc2cnccc2C(=O)O)c(Br)c1. The molecule has 0 aliphatic rings. The monoisotopic (exact) mass is 318 g/mol. The van der Waals surface area contributed by atoms with Gasteiger partial charge in [0.25, 0.3) is 0 Å². The van der Waals surface area contributed by atoms with Crippen LogP contribution >= 0.6 is 15.9 Å². The predicted molar refractivity (Wildman–Crippen MR) is 70.1 cm³/mol. The van der Waals surface area contributed by atoms with Gasteiger partial charge in [0.05, 0.1) is 22.3 Å². The van der Waals surface area contributed by atoms with Gasteiger partial charge in [-0.1, -0.05) is 0 Å². The van der Waals surface area contributed by atoms with E-state index in [2.05, 4.69) is 20.9 Å². The molecule has 1 aromatic heterocycles. The molecule has 1 N–H and O–H groups in total. The second-order valence-corrected chi connectivity index (χ2v) is 4.39. The van der Waals surface area contributed by atoms with Crippen LogP contribution in [0.4, 0.5) is 0 Å². The van der Waals surface area contributed by atoms with Crippen LogP contribution in [0.25, 0.3) is 0 Å². The largest absolute Gasteiger partial charge is 0.478 e. The molecule has 0 aliphatic carbocycles. The summed E-state index contributed by atoms with van der Waals surface area (Å²) in [4.78, 5) is 14.9. The number of ether oxygens (including phenoxy) is 1. The zero-order valence-corrected chi connectivity index (χ0v) is 11.1. The van der Waals surface area contributed by atoms with Crippen molar-refractivity contribution in [3.05, 3.63) is 52.3 Å². The number of carboxylic acids is 1. The van der Waals surface area contributed by atoms with Crippen LogP contribution in [0.2, 0.25) is 0 Å². The lowest BCUT2D eigenvalue weighted by molar-refractivity contribution is 0.0694. The molecule has 1 aromatic carbocycles. The van der Waals surface area contributed by atoms with Crippen LogP contribution in [0.5, 0.6) is 11.5 Å². The van der Waals surface area contributed by atoms with E-state index in [0.717, 1.165) is 0 Å². The van der Waals surface area contributed by atoms with Crippen LogP contribution in [0.1, 0.15) is 15.9 Å². The molecule has 0 aliphatic heterocycles. The normalized spacial score (nSPS) is 9.68. The Morgan fingerprint density at radius 3 is 2.79 bits per heavy atom. The molecule has 6 heteroatoms. The molecule has 0 fully saturated rings. The Kier molecular flexibility index (Phi) is 3.78. The number of halogens is 1. The van der Waals surface area contributed by atoms with E-state index in [1.165, 1.54) is 18.5 Å². The van der Waals surface area contributed by atoms with Gasteiger partial charge >= 0.3 is 5.97 Å². The molecule has 2 rings (SSSR count). The number of hydrogen-bond acceptors (Lipinski definition) is 4. The fourth-order valence-corrected chi connectivity index (χ4v) is 1.87. The average molecular weight is 319 g/mol. The number of benzene rings is 1. The molecule has 0 radical (unpaired) electrons. The lowest BCUT2D eigenvalue weighted by Crippen LogP contribution is -2.00. The number of carboxylic acid groups (broad SMARTS) is 1. The Morgan fingerprint density at radius 2 is 2.16 bits per heavy atom. The lowest BCUT2D eigenvalue weighted by atomic mass is 10.2. The van der Waals surface area contributed by atoms with Crippen molar-refractivity contribution < 1.29 is 14.6 Å². The number of carbonyl (C=O) groups is 1. The van der Waals surface area contributed by atoms with Gasteiger partial charge in [-0.25, -0.2) is 4.79 Å². The van der Waals surface area contributed by atoms with Gasteiger partial charge in [-0.15, -0.1) is 0 Å². The first-order valence-corrected chi connectivity index (χ1v) is 5.96. The Morgan fingerprint density at radius 1 is 1.37 bits per heavy atom. The summed E-state index contributed by atoms with van der Waals surface area (Å²) in [5.41, 5.74) is 0.495. The highest BCUT2D eigenvalue weighted by atomic mass is 79.9. The molecule has 0 saturated carbocycles. The third kappa shape index (κ3) is 2.89. The molecule has 94 valence electrons. The van der Waals surface area contributed by atoms with Crippen LogP contribution < -0.4 is 4.74 Å². The first-order chi connectivity index (χ1) is 9.11. The molecular formula is C13H7BrN2O3. The van der Waals surface area contributed by atoms with Gasteiger partial charge in [0.1, 0.15) is 11.3 Å². The standard InChI is InChI=1S/C13H7BrN2O3/c14-10-5-8(6-15)1-2-11(10)19-12-7-16-4-3-9(12)13(17)18/h1-5,7H,(H,17,18). The molecular weight excluding hydrogens is 312 g/mol. The summed E-state index contributed by atoms with van der Waals surface area (Å²) in [5, 5.41) is 17.8. The van der Waals surface area contributed by atoms with E-state index < -0.39 is 5.97 Å². The van der Waals surface area contributed by atoms with Gasteiger partial charge in [-0.2, -0.15) is 5.26 Å². The van der Waals surface area contributed by atoms with Crippen LogP contribution in [0.3, 0.4) is 0 Å². The second kappa shape index (κ2) is 5.50. The molecule has 0 amide bonds. The van der Waals surface area contributed by atoms with Crippen molar-refractivity contribution in [1.82, 2.24) is 4.98 Å². The maximum absolute atomic E-state index is 11.0. The highest BCUT2D eigenvalue weighted by Gasteiger charge is 2.13. The van der Waals surface area contributed by atoms with Gasteiger partial charge < -0.3 is 9.84 Å². The van der Waals surface area contributed by atoms with Crippen molar-refractivity contribution in [2.24, 2.45) is 0 Å². The smallest absolute Gasteiger partial charge is 0.339 e.